The Bertz CT molecular complexity index is 603. The first-order chi connectivity index (χ1) is 10.7. The van der Waals surface area contributed by atoms with Crippen LogP contribution in [0.1, 0.15) is 44.6 Å². The standard InChI is InChI=1S/C18H21NO2S/c1-2-22-16-15(13-9-5-3-6-10-13)17(20)19(18(16)21)14-11-7-4-8-12-14/h3,5-6,9-10,14H,2,4,7-8,11-12H2,1H3. The minimum Gasteiger partial charge on any atom is -0.271 e. The fourth-order valence-electron chi connectivity index (χ4n) is 3.33. The summed E-state index contributed by atoms with van der Waals surface area (Å²) >= 11 is 1.49. The van der Waals surface area contributed by atoms with Gasteiger partial charge in [-0.1, -0.05) is 56.5 Å². The number of nitrogens with zero attached hydrogens (tertiary/aromatic N) is 1. The highest BCUT2D eigenvalue weighted by Gasteiger charge is 2.42. The molecule has 1 aromatic rings. The minimum absolute atomic E-state index is 0.0809. The van der Waals surface area contributed by atoms with E-state index in [-0.39, 0.29) is 17.9 Å². The van der Waals surface area contributed by atoms with Gasteiger partial charge >= 0.3 is 0 Å². The number of hydrogen-bond acceptors (Lipinski definition) is 3. The number of thioether (sulfide) groups is 1. The van der Waals surface area contributed by atoms with E-state index in [0.29, 0.717) is 10.5 Å². The van der Waals surface area contributed by atoms with Gasteiger partial charge in [0, 0.05) is 6.04 Å². The molecule has 2 amide bonds. The molecular formula is C18H21NO2S. The SMILES string of the molecule is CCSC1=C(c2ccccc2)C(=O)N(C2CCCCC2)C1=O. The van der Waals surface area contributed by atoms with Gasteiger partial charge in [-0.2, -0.15) is 0 Å². The Morgan fingerprint density at radius 1 is 1.05 bits per heavy atom. The number of carbonyl (C=O) groups excluding carboxylic acids is 2. The van der Waals surface area contributed by atoms with E-state index in [1.807, 2.05) is 37.3 Å². The Labute approximate surface area is 135 Å². The number of carbonyl (C=O) groups is 2. The zero-order valence-corrected chi connectivity index (χ0v) is 13.7. The summed E-state index contributed by atoms with van der Waals surface area (Å²) in [6.45, 7) is 2.02. The van der Waals surface area contributed by atoms with Crippen molar-refractivity contribution in [2.24, 2.45) is 0 Å². The van der Waals surface area contributed by atoms with Crippen molar-refractivity contribution in [3.8, 4) is 0 Å². The summed E-state index contributed by atoms with van der Waals surface area (Å²) < 4.78 is 0. The predicted octanol–water partition coefficient (Wildman–Crippen LogP) is 3.85. The van der Waals surface area contributed by atoms with Crippen molar-refractivity contribution in [1.82, 2.24) is 4.90 Å². The average Bonchev–Trinajstić information content (AvgIpc) is 2.80. The maximum Gasteiger partial charge on any atom is 0.268 e. The summed E-state index contributed by atoms with van der Waals surface area (Å²) in [7, 11) is 0. The molecule has 4 heteroatoms. The van der Waals surface area contributed by atoms with Crippen molar-refractivity contribution in [3.63, 3.8) is 0 Å². The van der Waals surface area contributed by atoms with Crippen molar-refractivity contribution >= 4 is 29.1 Å². The van der Waals surface area contributed by atoms with Crippen LogP contribution in [0, 0.1) is 0 Å². The lowest BCUT2D eigenvalue weighted by Gasteiger charge is -2.29. The van der Waals surface area contributed by atoms with Crippen LogP contribution in [0.15, 0.2) is 35.2 Å². The monoisotopic (exact) mass is 315 g/mol. The van der Waals surface area contributed by atoms with Crippen LogP contribution in [0.25, 0.3) is 5.57 Å². The number of imide groups is 1. The van der Waals surface area contributed by atoms with Gasteiger partial charge < -0.3 is 0 Å². The van der Waals surface area contributed by atoms with Crippen LogP contribution < -0.4 is 0 Å². The molecule has 0 aromatic heterocycles. The largest absolute Gasteiger partial charge is 0.271 e. The second-order valence-electron chi connectivity index (χ2n) is 5.78. The molecule has 0 bridgehead atoms. The maximum absolute atomic E-state index is 12.9. The normalized spacial score (nSPS) is 20.1. The van der Waals surface area contributed by atoms with Crippen LogP contribution in [-0.2, 0) is 9.59 Å². The molecule has 0 spiro atoms. The quantitative estimate of drug-likeness (QED) is 0.792. The van der Waals surface area contributed by atoms with Gasteiger partial charge in [0.1, 0.15) is 0 Å². The second-order valence-corrected chi connectivity index (χ2v) is 7.05. The summed E-state index contributed by atoms with van der Waals surface area (Å²) in [6, 6.07) is 9.68. The molecular weight excluding hydrogens is 294 g/mol. The first-order valence-electron chi connectivity index (χ1n) is 8.04. The molecule has 3 nitrogen and oxygen atoms in total. The lowest BCUT2D eigenvalue weighted by atomic mass is 9.94. The van der Waals surface area contributed by atoms with E-state index in [1.54, 1.807) is 4.90 Å². The summed E-state index contributed by atoms with van der Waals surface area (Å²) in [5.41, 5.74) is 1.46. The third kappa shape index (κ3) is 2.72. The molecule has 1 aliphatic heterocycles. The highest BCUT2D eigenvalue weighted by molar-refractivity contribution is 8.04. The summed E-state index contributed by atoms with van der Waals surface area (Å²) in [4.78, 5) is 27.9. The predicted molar refractivity (Wildman–Crippen MR) is 90.2 cm³/mol. The molecule has 1 saturated carbocycles. The highest BCUT2D eigenvalue weighted by Crippen LogP contribution is 2.38. The Morgan fingerprint density at radius 2 is 1.73 bits per heavy atom. The van der Waals surface area contributed by atoms with Crippen LogP contribution >= 0.6 is 11.8 Å². The van der Waals surface area contributed by atoms with E-state index in [0.717, 1.165) is 37.0 Å². The van der Waals surface area contributed by atoms with Crippen molar-refractivity contribution in [1.29, 1.82) is 0 Å². The summed E-state index contributed by atoms with van der Waals surface area (Å²) in [6.07, 6.45) is 5.33. The summed E-state index contributed by atoms with van der Waals surface area (Å²) in [5.74, 6) is 0.616. The zero-order chi connectivity index (χ0) is 15.5. The number of amides is 2. The fourth-order valence-corrected chi connectivity index (χ4v) is 4.19. The molecule has 116 valence electrons. The highest BCUT2D eigenvalue weighted by atomic mass is 32.2. The smallest absolute Gasteiger partial charge is 0.268 e. The van der Waals surface area contributed by atoms with Gasteiger partial charge in [-0.3, -0.25) is 14.5 Å². The number of hydrogen-bond donors (Lipinski definition) is 0. The van der Waals surface area contributed by atoms with Gasteiger partial charge in [0.05, 0.1) is 10.5 Å². The van der Waals surface area contributed by atoms with Gasteiger partial charge in [-0.05, 0) is 24.2 Å². The number of rotatable bonds is 4. The maximum atomic E-state index is 12.9. The van der Waals surface area contributed by atoms with Crippen molar-refractivity contribution in [3.05, 3.63) is 40.8 Å². The molecule has 0 N–H and O–H groups in total. The van der Waals surface area contributed by atoms with Crippen LogP contribution in [-0.4, -0.2) is 28.5 Å². The molecule has 2 aliphatic rings. The van der Waals surface area contributed by atoms with E-state index in [4.69, 9.17) is 0 Å². The summed E-state index contributed by atoms with van der Waals surface area (Å²) in [5, 5.41) is 0. The molecule has 0 saturated heterocycles. The Hall–Kier alpha value is -1.55. The van der Waals surface area contributed by atoms with Crippen LogP contribution in [0.4, 0.5) is 0 Å². The lowest BCUT2D eigenvalue weighted by molar-refractivity contribution is -0.139. The van der Waals surface area contributed by atoms with Crippen LogP contribution in [0.5, 0.6) is 0 Å². The lowest BCUT2D eigenvalue weighted by Crippen LogP contribution is -2.42. The molecule has 3 rings (SSSR count). The van der Waals surface area contributed by atoms with Gasteiger partial charge in [0.2, 0.25) is 0 Å². The van der Waals surface area contributed by atoms with Crippen molar-refractivity contribution in [2.75, 3.05) is 5.75 Å². The minimum atomic E-state index is -0.0981. The van der Waals surface area contributed by atoms with Gasteiger partial charge in [0.25, 0.3) is 11.8 Å². The van der Waals surface area contributed by atoms with Crippen LogP contribution in [0.3, 0.4) is 0 Å². The molecule has 22 heavy (non-hydrogen) atoms. The third-order valence-electron chi connectivity index (χ3n) is 4.36. The topological polar surface area (TPSA) is 37.4 Å². The van der Waals surface area contributed by atoms with Gasteiger partial charge in [-0.25, -0.2) is 0 Å². The molecule has 0 atom stereocenters. The molecule has 1 fully saturated rings. The van der Waals surface area contributed by atoms with Gasteiger partial charge in [0.15, 0.2) is 0 Å². The van der Waals surface area contributed by atoms with E-state index in [1.165, 1.54) is 18.2 Å². The fraction of sp³-hybridized carbons (Fsp3) is 0.444. The first-order valence-corrected chi connectivity index (χ1v) is 9.03. The van der Waals surface area contributed by atoms with Gasteiger partial charge in [-0.15, -0.1) is 11.8 Å². The third-order valence-corrected chi connectivity index (χ3v) is 5.32. The average molecular weight is 315 g/mol. The molecule has 1 aromatic carbocycles. The number of benzene rings is 1. The van der Waals surface area contributed by atoms with Crippen molar-refractivity contribution < 1.29 is 9.59 Å². The molecule has 1 heterocycles. The van der Waals surface area contributed by atoms with Crippen molar-refractivity contribution in [2.45, 2.75) is 45.1 Å². The second kappa shape index (κ2) is 6.69. The van der Waals surface area contributed by atoms with Crippen LogP contribution in [0.2, 0.25) is 0 Å². The first kappa shape index (κ1) is 15.3. The Morgan fingerprint density at radius 3 is 2.36 bits per heavy atom. The molecule has 0 unspecified atom stereocenters. The van der Waals surface area contributed by atoms with E-state index < -0.39 is 0 Å². The van der Waals surface area contributed by atoms with E-state index in [9.17, 15) is 9.59 Å². The molecule has 1 aliphatic carbocycles. The van der Waals surface area contributed by atoms with E-state index >= 15 is 0 Å². The Kier molecular flexibility index (Phi) is 4.67. The molecule has 0 radical (unpaired) electrons. The van der Waals surface area contributed by atoms with E-state index in [2.05, 4.69) is 0 Å². The Balaban J connectivity index is 1.97. The zero-order valence-electron chi connectivity index (χ0n) is 12.9.